The van der Waals surface area contributed by atoms with Crippen molar-refractivity contribution in [2.45, 2.75) is 0 Å². The summed E-state index contributed by atoms with van der Waals surface area (Å²) in [7, 11) is 0. The summed E-state index contributed by atoms with van der Waals surface area (Å²) in [6.07, 6.45) is 0. The molecule has 0 heterocycles. The molecule has 46 valence electrons. The molecular weight excluding hydrogens is 132 g/mol. The first-order valence-corrected chi connectivity index (χ1v) is 2.69. The second kappa shape index (κ2) is 2.58. The molecule has 0 spiro atoms. The molecule has 8 heavy (non-hydrogen) atoms. The molecule has 0 aliphatic carbocycles. The highest BCUT2D eigenvalue weighted by atomic mass is 32.2. The maximum absolute atomic E-state index is 9.77. The molecule has 0 aromatic carbocycles. The van der Waals surface area contributed by atoms with Gasteiger partial charge in [0.05, 0.1) is 0 Å². The first-order chi connectivity index (χ1) is 3.55. The summed E-state index contributed by atoms with van der Waals surface area (Å²) in [5, 5.41) is 7.90. The molecule has 5 heteroatoms. The first kappa shape index (κ1) is 7.32. The van der Waals surface area contributed by atoms with Gasteiger partial charge in [0.25, 0.3) is 0 Å². The Morgan fingerprint density at radius 2 is 2.00 bits per heavy atom. The largest absolute Gasteiger partial charge is 0.477 e. The van der Waals surface area contributed by atoms with Crippen LogP contribution >= 0.6 is 0 Å². The summed E-state index contributed by atoms with van der Waals surface area (Å²) in [5.74, 6) is -1.45. The van der Waals surface area contributed by atoms with Crippen LogP contribution in [0.4, 0.5) is 0 Å². The van der Waals surface area contributed by atoms with Gasteiger partial charge in [0.15, 0.2) is 11.1 Å². The van der Waals surface area contributed by atoms with E-state index in [9.17, 15) is 9.00 Å². The monoisotopic (exact) mass is 136 g/mol. The van der Waals surface area contributed by atoms with Gasteiger partial charge < -0.3 is 9.66 Å². The summed E-state index contributed by atoms with van der Waals surface area (Å²) in [5.41, 5.74) is 0. The Morgan fingerprint density at radius 1 is 1.62 bits per heavy atom. The predicted molar refractivity (Wildman–Crippen MR) is 27.5 cm³/mol. The van der Waals surface area contributed by atoms with Gasteiger partial charge in [-0.15, -0.1) is 0 Å². The molecule has 0 amide bonds. The van der Waals surface area contributed by atoms with Gasteiger partial charge in [-0.1, -0.05) is 6.58 Å². The normalized spacial score (nSPS) is 12.6. The first-order valence-electron chi connectivity index (χ1n) is 1.58. The summed E-state index contributed by atoms with van der Waals surface area (Å²) in [6.45, 7) is 2.80. The Kier molecular flexibility index (Phi) is 2.36. The van der Waals surface area contributed by atoms with E-state index in [2.05, 4.69) is 6.58 Å². The molecule has 0 bridgehead atoms. The Balaban J connectivity index is 4.05. The lowest BCUT2D eigenvalue weighted by atomic mass is 10.7. The number of carboxylic acids is 1. The van der Waals surface area contributed by atoms with Crippen molar-refractivity contribution < 1.29 is 18.7 Å². The molecule has 0 rings (SSSR count). The molecule has 1 atom stereocenters. The van der Waals surface area contributed by atoms with Gasteiger partial charge in [0.1, 0.15) is 4.91 Å². The van der Waals surface area contributed by atoms with E-state index in [1.54, 1.807) is 0 Å². The van der Waals surface area contributed by atoms with E-state index in [1.807, 2.05) is 0 Å². The van der Waals surface area contributed by atoms with Gasteiger partial charge in [-0.3, -0.25) is 0 Å². The van der Waals surface area contributed by atoms with Crippen molar-refractivity contribution >= 4 is 17.0 Å². The smallest absolute Gasteiger partial charge is 0.346 e. The SMILES string of the molecule is C=C(C(=O)O)S(=O)O. The van der Waals surface area contributed by atoms with Crippen LogP contribution in [0.3, 0.4) is 0 Å². The second-order valence-electron chi connectivity index (χ2n) is 0.977. The molecule has 0 aromatic heterocycles. The molecule has 2 N–H and O–H groups in total. The minimum absolute atomic E-state index is 0.704. The summed E-state index contributed by atoms with van der Waals surface area (Å²) in [6, 6.07) is 0. The Morgan fingerprint density at radius 3 is 2.00 bits per heavy atom. The zero-order valence-electron chi connectivity index (χ0n) is 3.83. The lowest BCUT2D eigenvalue weighted by Gasteiger charge is -1.87. The Hall–Kier alpha value is -0.680. The molecule has 0 aromatic rings. The molecule has 0 fully saturated rings. The van der Waals surface area contributed by atoms with E-state index < -0.39 is 22.0 Å². The zero-order chi connectivity index (χ0) is 6.73. The van der Waals surface area contributed by atoms with Crippen molar-refractivity contribution in [3.63, 3.8) is 0 Å². The summed E-state index contributed by atoms with van der Waals surface area (Å²) in [4.78, 5) is 8.98. The van der Waals surface area contributed by atoms with Gasteiger partial charge in [-0.25, -0.2) is 9.00 Å². The van der Waals surface area contributed by atoms with Gasteiger partial charge in [-0.05, 0) is 0 Å². The van der Waals surface area contributed by atoms with Crippen LogP contribution in [0.2, 0.25) is 0 Å². The van der Waals surface area contributed by atoms with Crippen molar-refractivity contribution in [2.75, 3.05) is 0 Å². The molecule has 0 aliphatic rings. The molecule has 0 aliphatic heterocycles. The van der Waals surface area contributed by atoms with Crippen molar-refractivity contribution in [3.8, 4) is 0 Å². The van der Waals surface area contributed by atoms with E-state index in [1.165, 1.54) is 0 Å². The number of hydrogen-bond acceptors (Lipinski definition) is 2. The second-order valence-corrected chi connectivity index (χ2v) is 1.97. The fourth-order valence-corrected chi connectivity index (χ4v) is 0.224. The third-order valence-electron chi connectivity index (χ3n) is 0.449. The summed E-state index contributed by atoms with van der Waals surface area (Å²) < 4.78 is 17.8. The van der Waals surface area contributed by atoms with E-state index in [0.717, 1.165) is 0 Å². The highest BCUT2D eigenvalue weighted by Crippen LogP contribution is 1.92. The molecule has 1 unspecified atom stereocenters. The minimum Gasteiger partial charge on any atom is -0.477 e. The van der Waals surface area contributed by atoms with Crippen LogP contribution in [0.5, 0.6) is 0 Å². The molecule has 0 saturated carbocycles. The van der Waals surface area contributed by atoms with E-state index in [0.29, 0.717) is 0 Å². The average Bonchev–Trinajstić information content (AvgIpc) is 1.64. The van der Waals surface area contributed by atoms with E-state index in [-0.39, 0.29) is 0 Å². The van der Waals surface area contributed by atoms with Crippen molar-refractivity contribution in [1.29, 1.82) is 0 Å². The quantitative estimate of drug-likeness (QED) is 0.407. The maximum atomic E-state index is 9.77. The van der Waals surface area contributed by atoms with Crippen LogP contribution in [-0.4, -0.2) is 19.8 Å². The van der Waals surface area contributed by atoms with Crippen LogP contribution in [0, 0.1) is 0 Å². The lowest BCUT2D eigenvalue weighted by Crippen LogP contribution is -2.03. The van der Waals surface area contributed by atoms with Crippen molar-refractivity contribution in [1.82, 2.24) is 0 Å². The van der Waals surface area contributed by atoms with Crippen LogP contribution < -0.4 is 0 Å². The highest BCUT2D eigenvalue weighted by molar-refractivity contribution is 7.84. The number of carbonyl (C=O) groups is 1. The van der Waals surface area contributed by atoms with Crippen LogP contribution in [0.25, 0.3) is 0 Å². The standard InChI is InChI=1S/C3H4O4S/c1-2(3(4)5)8(6)7/h1H2,(H,4,5)(H,6,7). The number of carboxylic acid groups (broad SMARTS) is 1. The molecule has 4 nitrogen and oxygen atoms in total. The van der Waals surface area contributed by atoms with Crippen molar-refractivity contribution in [2.24, 2.45) is 0 Å². The van der Waals surface area contributed by atoms with Gasteiger partial charge >= 0.3 is 5.97 Å². The highest BCUT2D eigenvalue weighted by Gasteiger charge is 2.08. The fraction of sp³-hybridized carbons (Fsp3) is 0. The molecule has 0 saturated heterocycles. The zero-order valence-corrected chi connectivity index (χ0v) is 4.64. The predicted octanol–water partition coefficient (Wildman–Crippen LogP) is -0.194. The van der Waals surface area contributed by atoms with Crippen LogP contribution in [0.15, 0.2) is 11.5 Å². The minimum atomic E-state index is -2.43. The van der Waals surface area contributed by atoms with Crippen molar-refractivity contribution in [3.05, 3.63) is 11.5 Å². The molecule has 0 radical (unpaired) electrons. The Bertz CT molecular complexity index is 133. The fourth-order valence-electron chi connectivity index (χ4n) is 0.0747. The maximum Gasteiger partial charge on any atom is 0.346 e. The average molecular weight is 136 g/mol. The van der Waals surface area contributed by atoms with Crippen LogP contribution in [0.1, 0.15) is 0 Å². The molecular formula is C3H4O4S. The third kappa shape index (κ3) is 1.85. The van der Waals surface area contributed by atoms with E-state index >= 15 is 0 Å². The topological polar surface area (TPSA) is 74.6 Å². The third-order valence-corrected chi connectivity index (χ3v) is 1.05. The Labute approximate surface area is 48.1 Å². The van der Waals surface area contributed by atoms with Gasteiger partial charge in [0, 0.05) is 0 Å². The summed E-state index contributed by atoms with van der Waals surface area (Å²) >= 11 is -2.43. The number of aliphatic carboxylic acids is 1. The number of rotatable bonds is 2. The van der Waals surface area contributed by atoms with Gasteiger partial charge in [0.2, 0.25) is 0 Å². The lowest BCUT2D eigenvalue weighted by molar-refractivity contribution is -0.131. The van der Waals surface area contributed by atoms with Gasteiger partial charge in [-0.2, -0.15) is 0 Å². The van der Waals surface area contributed by atoms with Crippen LogP contribution in [-0.2, 0) is 15.9 Å². The number of hydrogen-bond donors (Lipinski definition) is 2. The van der Waals surface area contributed by atoms with E-state index in [4.69, 9.17) is 9.66 Å².